The molecule has 1 saturated heterocycles. The molecular weight excluding hydrogens is 551 g/mol. The van der Waals surface area contributed by atoms with E-state index in [0.717, 1.165) is 47.6 Å². The summed E-state index contributed by atoms with van der Waals surface area (Å²) >= 11 is 1.13. The van der Waals surface area contributed by atoms with Gasteiger partial charge in [0, 0.05) is 18.2 Å². The van der Waals surface area contributed by atoms with Crippen molar-refractivity contribution in [2.45, 2.75) is 43.5 Å². The van der Waals surface area contributed by atoms with Gasteiger partial charge >= 0.3 is 0 Å². The predicted octanol–water partition coefficient (Wildman–Crippen LogP) is 6.08. The molecule has 11 heteroatoms. The number of rotatable bonds is 8. The van der Waals surface area contributed by atoms with Crippen LogP contribution in [0.1, 0.15) is 48.5 Å². The number of thiazole rings is 1. The van der Waals surface area contributed by atoms with Gasteiger partial charge in [-0.05, 0) is 91.6 Å². The first-order chi connectivity index (χ1) is 19.3. The molecule has 1 aliphatic heterocycles. The highest BCUT2D eigenvalue weighted by Crippen LogP contribution is 2.31. The van der Waals surface area contributed by atoms with E-state index in [1.807, 2.05) is 6.92 Å². The first-order valence-electron chi connectivity index (χ1n) is 13.0. The van der Waals surface area contributed by atoms with Crippen molar-refractivity contribution in [3.05, 3.63) is 83.7 Å². The van der Waals surface area contributed by atoms with Crippen molar-refractivity contribution >= 4 is 48.8 Å². The molecule has 4 aromatic rings. The molecule has 0 spiro atoms. The number of fused-ring (bicyclic) bond motifs is 1. The Kier molecular flexibility index (Phi) is 8.24. The molecule has 1 amide bonds. The topological polar surface area (TPSA) is 92.2 Å². The third-order valence-electron chi connectivity index (χ3n) is 6.90. The quantitative estimate of drug-likeness (QED) is 0.186. The van der Waals surface area contributed by atoms with E-state index in [-0.39, 0.29) is 21.6 Å². The Morgan fingerprint density at radius 1 is 1.15 bits per heavy atom. The summed E-state index contributed by atoms with van der Waals surface area (Å²) < 4.78 is 47.9. The predicted molar refractivity (Wildman–Crippen MR) is 155 cm³/mol. The van der Waals surface area contributed by atoms with Crippen LogP contribution in [0.25, 0.3) is 10.2 Å². The van der Waals surface area contributed by atoms with Gasteiger partial charge < -0.3 is 4.74 Å². The van der Waals surface area contributed by atoms with Gasteiger partial charge in [0.15, 0.2) is 0 Å². The van der Waals surface area contributed by atoms with Crippen LogP contribution in [-0.4, -0.2) is 49.5 Å². The summed E-state index contributed by atoms with van der Waals surface area (Å²) in [5, 5.41) is 5.83. The van der Waals surface area contributed by atoms with Crippen LogP contribution in [-0.2, 0) is 10.0 Å². The monoisotopic (exact) mass is 580 g/mol. The van der Waals surface area contributed by atoms with Gasteiger partial charge in [0.25, 0.3) is 5.91 Å². The standard InChI is InChI=1S/C29H29FN4O4S2/c1-3-23-6-4-5-17-33(23)40(36,37)25-14-9-21(10-15-25)28(35)34(31-19-20-7-12-24(38-2)13-8-20)29-32-26-16-11-22(30)18-27(26)39-29/h7-16,18-19,23H,3-6,17H2,1-2H3/b31-19+. The van der Waals surface area contributed by atoms with Crippen molar-refractivity contribution < 1.29 is 22.3 Å². The van der Waals surface area contributed by atoms with E-state index >= 15 is 0 Å². The van der Waals surface area contributed by atoms with Gasteiger partial charge in [-0.15, -0.1) is 0 Å². The van der Waals surface area contributed by atoms with Gasteiger partial charge in [0.05, 0.1) is 28.4 Å². The van der Waals surface area contributed by atoms with Gasteiger partial charge in [-0.25, -0.2) is 17.8 Å². The number of hydrazone groups is 1. The lowest BCUT2D eigenvalue weighted by Gasteiger charge is -2.34. The number of piperidine rings is 1. The minimum atomic E-state index is -3.69. The van der Waals surface area contributed by atoms with Crippen LogP contribution in [0.4, 0.5) is 9.52 Å². The van der Waals surface area contributed by atoms with Gasteiger partial charge in [-0.1, -0.05) is 24.7 Å². The highest BCUT2D eigenvalue weighted by atomic mass is 32.2. The van der Waals surface area contributed by atoms with Gasteiger partial charge in [-0.3, -0.25) is 4.79 Å². The van der Waals surface area contributed by atoms with Crippen molar-refractivity contribution in [1.29, 1.82) is 0 Å². The third-order valence-corrected chi connectivity index (χ3v) is 9.86. The Hall–Kier alpha value is -3.67. The highest BCUT2D eigenvalue weighted by molar-refractivity contribution is 7.89. The average Bonchev–Trinajstić information content (AvgIpc) is 3.40. The van der Waals surface area contributed by atoms with Crippen LogP contribution in [0, 0.1) is 5.82 Å². The fourth-order valence-corrected chi connectivity index (χ4v) is 7.42. The number of benzene rings is 3. The fraction of sp³-hybridized carbons (Fsp3) is 0.276. The molecule has 1 fully saturated rings. The summed E-state index contributed by atoms with van der Waals surface area (Å²) in [6.07, 6.45) is 4.97. The van der Waals surface area contributed by atoms with Crippen LogP contribution in [0.5, 0.6) is 5.75 Å². The minimum absolute atomic E-state index is 0.0216. The summed E-state index contributed by atoms with van der Waals surface area (Å²) in [7, 11) is -2.11. The van der Waals surface area contributed by atoms with Crippen molar-refractivity contribution in [1.82, 2.24) is 9.29 Å². The molecule has 3 aromatic carbocycles. The third kappa shape index (κ3) is 5.77. The number of carbonyl (C=O) groups is 1. The normalized spacial score (nSPS) is 16.4. The van der Waals surface area contributed by atoms with E-state index in [2.05, 4.69) is 10.1 Å². The summed E-state index contributed by atoms with van der Waals surface area (Å²) in [6, 6.07) is 17.2. The first kappa shape index (κ1) is 27.9. The van der Waals surface area contributed by atoms with Gasteiger partial charge in [-0.2, -0.15) is 14.4 Å². The Balaban J connectivity index is 1.47. The number of ether oxygens (including phenoxy) is 1. The van der Waals surface area contributed by atoms with Crippen LogP contribution < -0.4 is 9.75 Å². The zero-order valence-corrected chi connectivity index (χ0v) is 23.8. The van der Waals surface area contributed by atoms with Gasteiger partial charge in [0.1, 0.15) is 11.6 Å². The van der Waals surface area contributed by atoms with Crippen molar-refractivity contribution in [3.63, 3.8) is 0 Å². The zero-order chi connectivity index (χ0) is 28.3. The minimum Gasteiger partial charge on any atom is -0.497 e. The molecule has 2 heterocycles. The molecule has 40 heavy (non-hydrogen) atoms. The van der Waals surface area contributed by atoms with Crippen molar-refractivity contribution in [3.8, 4) is 5.75 Å². The lowest BCUT2D eigenvalue weighted by molar-refractivity contribution is 0.0987. The fourth-order valence-electron chi connectivity index (χ4n) is 4.71. The number of carbonyl (C=O) groups excluding carboxylic acids is 1. The largest absolute Gasteiger partial charge is 0.497 e. The second-order valence-electron chi connectivity index (χ2n) is 9.44. The average molecular weight is 581 g/mol. The number of nitrogens with zero attached hydrogens (tertiary/aromatic N) is 4. The number of sulfonamides is 1. The number of amides is 1. The van der Waals surface area contributed by atoms with E-state index in [4.69, 9.17) is 4.74 Å². The molecule has 8 nitrogen and oxygen atoms in total. The van der Waals surface area contributed by atoms with E-state index in [0.29, 0.717) is 22.5 Å². The number of aromatic nitrogens is 1. The Bertz CT molecular complexity index is 1640. The molecular formula is C29H29FN4O4S2. The SMILES string of the molecule is CCC1CCCCN1S(=O)(=O)c1ccc(C(=O)N(/N=C/c2ccc(OC)cc2)c2nc3ccc(F)cc3s2)cc1. The summed E-state index contributed by atoms with van der Waals surface area (Å²) in [5.41, 5.74) is 1.49. The molecule has 0 N–H and O–H groups in total. The maximum atomic E-state index is 13.8. The second kappa shape index (κ2) is 11.8. The number of hydrogen-bond acceptors (Lipinski definition) is 7. The number of anilines is 1. The molecule has 1 atom stereocenters. The molecule has 0 bridgehead atoms. The molecule has 1 aromatic heterocycles. The van der Waals surface area contributed by atoms with Gasteiger partial charge in [0.2, 0.25) is 15.2 Å². The smallest absolute Gasteiger partial charge is 0.280 e. The van der Waals surface area contributed by atoms with Crippen LogP contribution >= 0.6 is 11.3 Å². The van der Waals surface area contributed by atoms with E-state index in [1.165, 1.54) is 42.6 Å². The molecule has 1 unspecified atom stereocenters. The molecule has 0 saturated carbocycles. The zero-order valence-electron chi connectivity index (χ0n) is 22.2. The van der Waals surface area contributed by atoms with E-state index < -0.39 is 21.7 Å². The Morgan fingerprint density at radius 2 is 1.90 bits per heavy atom. The molecule has 208 valence electrons. The molecule has 5 rings (SSSR count). The van der Waals surface area contributed by atoms with E-state index in [1.54, 1.807) is 41.7 Å². The second-order valence-corrected chi connectivity index (χ2v) is 12.3. The van der Waals surface area contributed by atoms with Crippen molar-refractivity contribution in [2.75, 3.05) is 18.7 Å². The number of methoxy groups -OCH3 is 1. The maximum Gasteiger partial charge on any atom is 0.280 e. The molecule has 1 aliphatic rings. The lowest BCUT2D eigenvalue weighted by atomic mass is 10.0. The number of halogens is 1. The van der Waals surface area contributed by atoms with Crippen LogP contribution in [0.15, 0.2) is 76.7 Å². The number of hydrogen-bond donors (Lipinski definition) is 0. The Morgan fingerprint density at radius 3 is 2.60 bits per heavy atom. The summed E-state index contributed by atoms with van der Waals surface area (Å²) in [5.74, 6) is -0.223. The van der Waals surface area contributed by atoms with Crippen LogP contribution in [0.3, 0.4) is 0 Å². The first-order valence-corrected chi connectivity index (χ1v) is 15.3. The molecule has 0 aliphatic carbocycles. The van der Waals surface area contributed by atoms with Crippen LogP contribution in [0.2, 0.25) is 0 Å². The highest BCUT2D eigenvalue weighted by Gasteiger charge is 2.32. The molecule has 0 radical (unpaired) electrons. The summed E-state index contributed by atoms with van der Waals surface area (Å²) in [6.45, 7) is 2.49. The Labute approximate surface area is 236 Å². The van der Waals surface area contributed by atoms with E-state index in [9.17, 15) is 17.6 Å². The van der Waals surface area contributed by atoms with Crippen molar-refractivity contribution in [2.24, 2.45) is 5.10 Å². The lowest BCUT2D eigenvalue weighted by Crippen LogP contribution is -2.43. The summed E-state index contributed by atoms with van der Waals surface area (Å²) in [4.78, 5) is 18.3. The maximum absolute atomic E-state index is 13.8.